The van der Waals surface area contributed by atoms with E-state index in [0.29, 0.717) is 31.0 Å². The summed E-state index contributed by atoms with van der Waals surface area (Å²) in [4.78, 5) is 30.1. The van der Waals surface area contributed by atoms with Crippen molar-refractivity contribution in [2.45, 2.75) is 31.1 Å². The summed E-state index contributed by atoms with van der Waals surface area (Å²) in [7, 11) is 3.22. The number of amides is 1. The Hall–Kier alpha value is -3.84. The van der Waals surface area contributed by atoms with Gasteiger partial charge in [-0.3, -0.25) is 14.5 Å². The average molecular weight is 529 g/mol. The number of carboxylic acid groups (broad SMARTS) is 1. The van der Waals surface area contributed by atoms with Crippen LogP contribution < -0.4 is 9.47 Å². The number of unbranched alkanes of at least 4 members (excludes halogenated alkanes) is 1. The Labute approximate surface area is 230 Å². The van der Waals surface area contributed by atoms with Gasteiger partial charge in [0.2, 0.25) is 5.91 Å². The molecule has 1 heterocycles. The summed E-state index contributed by atoms with van der Waals surface area (Å²) >= 11 is 0. The zero-order valence-electron chi connectivity index (χ0n) is 22.7. The highest BCUT2D eigenvalue weighted by Crippen LogP contribution is 2.51. The number of fused-ring (bicyclic) bond motifs is 3. The van der Waals surface area contributed by atoms with Crippen molar-refractivity contribution >= 4 is 11.9 Å². The van der Waals surface area contributed by atoms with Gasteiger partial charge in [-0.2, -0.15) is 0 Å². The SMILES string of the molecule is COc1ccc(OC)c(CC(=O)N2CCN(CCCCC3(C(=O)O)c4ccccc4-c4ccccc43)CC2)c1. The molecule has 2 aliphatic rings. The molecule has 3 aromatic carbocycles. The van der Waals surface area contributed by atoms with E-state index in [0.717, 1.165) is 60.3 Å². The highest BCUT2D eigenvalue weighted by atomic mass is 16.5. The fourth-order valence-electron chi connectivity index (χ4n) is 6.17. The molecule has 1 N–H and O–H groups in total. The normalized spacial score (nSPS) is 15.9. The monoisotopic (exact) mass is 528 g/mol. The van der Waals surface area contributed by atoms with E-state index in [1.54, 1.807) is 14.2 Å². The number of rotatable bonds is 10. The molecule has 1 saturated heterocycles. The Morgan fingerprint density at radius 2 is 1.49 bits per heavy atom. The van der Waals surface area contributed by atoms with E-state index < -0.39 is 11.4 Å². The van der Waals surface area contributed by atoms with E-state index in [4.69, 9.17) is 9.47 Å². The van der Waals surface area contributed by atoms with Gasteiger partial charge in [0.25, 0.3) is 0 Å². The molecule has 1 aliphatic heterocycles. The van der Waals surface area contributed by atoms with Gasteiger partial charge in [-0.15, -0.1) is 0 Å². The van der Waals surface area contributed by atoms with Gasteiger partial charge in [0.1, 0.15) is 16.9 Å². The lowest BCUT2D eigenvalue weighted by atomic mass is 9.74. The molecule has 0 saturated carbocycles. The predicted octanol–water partition coefficient (Wildman–Crippen LogP) is 4.61. The highest BCUT2D eigenvalue weighted by Gasteiger charge is 2.48. The van der Waals surface area contributed by atoms with E-state index >= 15 is 0 Å². The number of hydrogen-bond acceptors (Lipinski definition) is 5. The number of carboxylic acids is 1. The van der Waals surface area contributed by atoms with Crippen LogP contribution >= 0.6 is 0 Å². The largest absolute Gasteiger partial charge is 0.497 e. The molecule has 0 unspecified atom stereocenters. The van der Waals surface area contributed by atoms with Gasteiger partial charge in [0.15, 0.2) is 0 Å². The van der Waals surface area contributed by atoms with Crippen LogP contribution in [0.3, 0.4) is 0 Å². The second-order valence-corrected chi connectivity index (χ2v) is 10.3. The Morgan fingerprint density at radius 3 is 2.08 bits per heavy atom. The van der Waals surface area contributed by atoms with Crippen molar-refractivity contribution in [2.75, 3.05) is 46.9 Å². The third-order valence-corrected chi connectivity index (χ3v) is 8.26. The van der Waals surface area contributed by atoms with Gasteiger partial charge in [-0.05, 0) is 59.8 Å². The van der Waals surface area contributed by atoms with Crippen LogP contribution in [0.5, 0.6) is 11.5 Å². The molecule has 5 rings (SSSR count). The van der Waals surface area contributed by atoms with Gasteiger partial charge in [-0.1, -0.05) is 55.0 Å². The highest BCUT2D eigenvalue weighted by molar-refractivity contribution is 5.97. The number of piperazine rings is 1. The maximum atomic E-state index is 13.0. The zero-order chi connectivity index (χ0) is 27.4. The lowest BCUT2D eigenvalue weighted by Crippen LogP contribution is -2.49. The molecule has 1 aliphatic carbocycles. The molecule has 204 valence electrons. The molecule has 0 radical (unpaired) electrons. The first-order valence-electron chi connectivity index (χ1n) is 13.6. The first-order valence-corrected chi connectivity index (χ1v) is 13.6. The van der Waals surface area contributed by atoms with Crippen LogP contribution in [0.1, 0.15) is 36.0 Å². The Morgan fingerprint density at radius 1 is 0.846 bits per heavy atom. The second kappa shape index (κ2) is 11.5. The molecule has 7 nitrogen and oxygen atoms in total. The van der Waals surface area contributed by atoms with Crippen molar-refractivity contribution in [1.29, 1.82) is 0 Å². The number of carbonyl (C=O) groups is 2. The summed E-state index contributed by atoms with van der Waals surface area (Å²) in [6, 6.07) is 21.4. The summed E-state index contributed by atoms with van der Waals surface area (Å²) < 4.78 is 10.7. The molecule has 0 bridgehead atoms. The first-order chi connectivity index (χ1) is 19.0. The summed E-state index contributed by atoms with van der Waals surface area (Å²) in [6.07, 6.45) is 2.57. The lowest BCUT2D eigenvalue weighted by molar-refractivity contribution is -0.142. The smallest absolute Gasteiger partial charge is 0.318 e. The van der Waals surface area contributed by atoms with E-state index in [-0.39, 0.29) is 12.3 Å². The lowest BCUT2D eigenvalue weighted by Gasteiger charge is -2.35. The summed E-state index contributed by atoms with van der Waals surface area (Å²) in [5, 5.41) is 10.5. The molecular formula is C32H36N2O5. The number of methoxy groups -OCH3 is 2. The van der Waals surface area contributed by atoms with Crippen LogP contribution in [0.15, 0.2) is 66.7 Å². The van der Waals surface area contributed by atoms with Gasteiger partial charge < -0.3 is 19.5 Å². The molecular weight excluding hydrogens is 492 g/mol. The van der Waals surface area contributed by atoms with Crippen LogP contribution in [0.25, 0.3) is 11.1 Å². The number of carbonyl (C=O) groups excluding carboxylic acids is 1. The average Bonchev–Trinajstić information content (AvgIpc) is 3.26. The number of nitrogens with zero attached hydrogens (tertiary/aromatic N) is 2. The summed E-state index contributed by atoms with van der Waals surface area (Å²) in [6.45, 7) is 3.90. The van der Waals surface area contributed by atoms with Gasteiger partial charge in [0.05, 0.1) is 20.6 Å². The fourth-order valence-corrected chi connectivity index (χ4v) is 6.17. The van der Waals surface area contributed by atoms with Crippen molar-refractivity contribution in [3.8, 4) is 22.6 Å². The minimum atomic E-state index is -1.00. The minimum Gasteiger partial charge on any atom is -0.497 e. The molecule has 1 amide bonds. The predicted molar refractivity (Wildman–Crippen MR) is 150 cm³/mol. The quantitative estimate of drug-likeness (QED) is 0.387. The fraction of sp³-hybridized carbons (Fsp3) is 0.375. The molecule has 3 aromatic rings. The van der Waals surface area contributed by atoms with Crippen LogP contribution in [-0.2, 0) is 21.4 Å². The number of benzene rings is 3. The van der Waals surface area contributed by atoms with Gasteiger partial charge in [0, 0.05) is 31.7 Å². The van der Waals surface area contributed by atoms with Crippen LogP contribution in [-0.4, -0.2) is 73.7 Å². The van der Waals surface area contributed by atoms with Crippen molar-refractivity contribution in [1.82, 2.24) is 9.80 Å². The Bertz CT molecular complexity index is 1300. The van der Waals surface area contributed by atoms with E-state index in [9.17, 15) is 14.7 Å². The number of aliphatic carboxylic acids is 1. The van der Waals surface area contributed by atoms with E-state index in [2.05, 4.69) is 4.90 Å². The maximum Gasteiger partial charge on any atom is 0.318 e. The topological polar surface area (TPSA) is 79.3 Å². The molecule has 0 spiro atoms. The van der Waals surface area contributed by atoms with E-state index in [1.165, 1.54) is 0 Å². The summed E-state index contributed by atoms with van der Waals surface area (Å²) in [5.41, 5.74) is 3.69. The van der Waals surface area contributed by atoms with Gasteiger partial charge in [-0.25, -0.2) is 0 Å². The maximum absolute atomic E-state index is 13.0. The van der Waals surface area contributed by atoms with Crippen LogP contribution in [0, 0.1) is 0 Å². The third kappa shape index (κ3) is 5.11. The standard InChI is InChI=1S/C32H36N2O5/c1-38-24-13-14-29(39-2)23(21-24)22-30(35)34-19-17-33(18-20-34)16-8-7-15-32(31(36)37)27-11-5-3-9-25(27)26-10-4-6-12-28(26)32/h3-6,9-14,21H,7-8,15-20,22H2,1-2H3,(H,36,37). The van der Waals surface area contributed by atoms with Crippen LogP contribution in [0.2, 0.25) is 0 Å². The molecule has 0 aromatic heterocycles. The molecule has 0 atom stereocenters. The molecule has 39 heavy (non-hydrogen) atoms. The molecule has 1 fully saturated rings. The second-order valence-electron chi connectivity index (χ2n) is 10.3. The Kier molecular flexibility index (Phi) is 7.89. The van der Waals surface area contributed by atoms with Crippen LogP contribution in [0.4, 0.5) is 0 Å². The van der Waals surface area contributed by atoms with Crippen molar-refractivity contribution in [3.63, 3.8) is 0 Å². The van der Waals surface area contributed by atoms with Crippen molar-refractivity contribution < 1.29 is 24.2 Å². The first kappa shape index (κ1) is 26.8. The Balaban J connectivity index is 1.15. The number of ether oxygens (including phenoxy) is 2. The zero-order valence-corrected chi connectivity index (χ0v) is 22.7. The third-order valence-electron chi connectivity index (χ3n) is 8.26. The minimum absolute atomic E-state index is 0.0863. The van der Waals surface area contributed by atoms with E-state index in [1.807, 2.05) is 71.6 Å². The van der Waals surface area contributed by atoms with Gasteiger partial charge >= 0.3 is 5.97 Å². The van der Waals surface area contributed by atoms with Crippen molar-refractivity contribution in [3.05, 3.63) is 83.4 Å². The number of hydrogen-bond donors (Lipinski definition) is 1. The summed E-state index contributed by atoms with van der Waals surface area (Å²) in [5.74, 6) is 0.704. The van der Waals surface area contributed by atoms with Crippen molar-refractivity contribution in [2.24, 2.45) is 0 Å². The molecule has 7 heteroatoms.